The molecule has 1 saturated carbocycles. The van der Waals surface area contributed by atoms with Crippen molar-refractivity contribution in [1.29, 1.82) is 5.26 Å². The van der Waals surface area contributed by atoms with Gasteiger partial charge in [-0.3, -0.25) is 0 Å². The van der Waals surface area contributed by atoms with Crippen LogP contribution in [0.4, 0.5) is 5.69 Å². The van der Waals surface area contributed by atoms with Gasteiger partial charge >= 0.3 is 0 Å². The first-order valence-electron chi connectivity index (χ1n) is 4.77. The van der Waals surface area contributed by atoms with Gasteiger partial charge in [0.15, 0.2) is 0 Å². The molecule has 3 heteroatoms. The van der Waals surface area contributed by atoms with E-state index in [1.165, 1.54) is 12.8 Å². The molecule has 0 spiro atoms. The zero-order valence-electron chi connectivity index (χ0n) is 7.90. The maximum Gasteiger partial charge on any atom is 0.101 e. The Kier molecular flexibility index (Phi) is 2.14. The van der Waals surface area contributed by atoms with Crippen LogP contribution < -0.4 is 11.5 Å². The van der Waals surface area contributed by atoms with Crippen LogP contribution in [0, 0.1) is 17.2 Å². The monoisotopic (exact) mass is 187 g/mol. The van der Waals surface area contributed by atoms with E-state index in [4.69, 9.17) is 16.7 Å². The van der Waals surface area contributed by atoms with Gasteiger partial charge in [0.2, 0.25) is 0 Å². The molecule has 1 aromatic rings. The predicted molar refractivity (Wildman–Crippen MR) is 55.2 cm³/mol. The van der Waals surface area contributed by atoms with Gasteiger partial charge in [-0.25, -0.2) is 0 Å². The summed E-state index contributed by atoms with van der Waals surface area (Å²) in [6, 6.07) is 7.62. The molecule has 3 nitrogen and oxygen atoms in total. The lowest BCUT2D eigenvalue weighted by Crippen LogP contribution is -2.12. The quantitative estimate of drug-likeness (QED) is 0.690. The van der Waals surface area contributed by atoms with Crippen molar-refractivity contribution in [2.24, 2.45) is 11.7 Å². The van der Waals surface area contributed by atoms with Crippen LogP contribution in [0.25, 0.3) is 0 Å². The van der Waals surface area contributed by atoms with Gasteiger partial charge in [0.25, 0.3) is 0 Å². The van der Waals surface area contributed by atoms with E-state index in [9.17, 15) is 0 Å². The van der Waals surface area contributed by atoms with Gasteiger partial charge in [-0.05, 0) is 36.5 Å². The van der Waals surface area contributed by atoms with Crippen molar-refractivity contribution in [3.63, 3.8) is 0 Å². The molecule has 0 saturated heterocycles. The average Bonchev–Trinajstić information content (AvgIpc) is 3.01. The number of rotatable bonds is 2. The molecule has 0 amide bonds. The van der Waals surface area contributed by atoms with Crippen LogP contribution in [-0.4, -0.2) is 0 Å². The smallest absolute Gasteiger partial charge is 0.101 e. The molecule has 72 valence electrons. The van der Waals surface area contributed by atoms with Crippen LogP contribution in [0.2, 0.25) is 0 Å². The van der Waals surface area contributed by atoms with Crippen LogP contribution >= 0.6 is 0 Å². The standard InChI is InChI=1S/C11H13N3/c12-6-9-5-8(3-4-10(9)13)11(14)7-1-2-7/h3-5,7,11H,1-2,13-14H2. The summed E-state index contributed by atoms with van der Waals surface area (Å²) in [6.45, 7) is 0. The van der Waals surface area contributed by atoms with E-state index in [-0.39, 0.29) is 6.04 Å². The molecule has 1 fully saturated rings. The van der Waals surface area contributed by atoms with E-state index in [0.717, 1.165) is 5.56 Å². The summed E-state index contributed by atoms with van der Waals surface area (Å²) in [5.41, 5.74) is 13.7. The van der Waals surface area contributed by atoms with Crippen molar-refractivity contribution in [3.05, 3.63) is 29.3 Å². The molecule has 0 bridgehead atoms. The first-order valence-corrected chi connectivity index (χ1v) is 4.77. The molecule has 1 atom stereocenters. The first kappa shape index (κ1) is 9.04. The molecular formula is C11H13N3. The molecule has 0 aliphatic heterocycles. The van der Waals surface area contributed by atoms with Gasteiger partial charge in [-0.2, -0.15) is 5.26 Å². The number of nitrogens with two attached hydrogens (primary N) is 2. The Bertz CT molecular complexity index is 388. The van der Waals surface area contributed by atoms with Gasteiger partial charge < -0.3 is 11.5 Å². The minimum atomic E-state index is 0.0719. The highest BCUT2D eigenvalue weighted by Crippen LogP contribution is 2.39. The lowest BCUT2D eigenvalue weighted by molar-refractivity contribution is 0.633. The van der Waals surface area contributed by atoms with Crippen LogP contribution in [-0.2, 0) is 0 Å². The Balaban J connectivity index is 2.30. The van der Waals surface area contributed by atoms with Crippen molar-refractivity contribution in [2.75, 3.05) is 5.73 Å². The molecule has 1 unspecified atom stereocenters. The van der Waals surface area contributed by atoms with E-state index in [2.05, 4.69) is 6.07 Å². The SMILES string of the molecule is N#Cc1cc(C(N)C2CC2)ccc1N. The molecule has 1 aliphatic carbocycles. The third-order valence-electron chi connectivity index (χ3n) is 2.71. The number of nitriles is 1. The van der Waals surface area contributed by atoms with Crippen LogP contribution in [0.1, 0.15) is 30.0 Å². The number of benzene rings is 1. The van der Waals surface area contributed by atoms with Crippen molar-refractivity contribution in [3.8, 4) is 6.07 Å². The Labute approximate surface area is 83.3 Å². The first-order chi connectivity index (χ1) is 6.72. The molecule has 14 heavy (non-hydrogen) atoms. The van der Waals surface area contributed by atoms with Gasteiger partial charge in [-0.15, -0.1) is 0 Å². The summed E-state index contributed by atoms with van der Waals surface area (Å²) in [5.74, 6) is 0.602. The Hall–Kier alpha value is -1.53. The zero-order valence-corrected chi connectivity index (χ0v) is 7.90. The minimum Gasteiger partial charge on any atom is -0.398 e. The molecule has 4 N–H and O–H groups in total. The molecule has 0 heterocycles. The lowest BCUT2D eigenvalue weighted by atomic mass is 10.0. The van der Waals surface area contributed by atoms with Crippen LogP contribution in [0.3, 0.4) is 0 Å². The van der Waals surface area contributed by atoms with Gasteiger partial charge in [0.1, 0.15) is 6.07 Å². The van der Waals surface area contributed by atoms with Crippen LogP contribution in [0.15, 0.2) is 18.2 Å². The molecule has 0 radical (unpaired) electrons. The third-order valence-corrected chi connectivity index (χ3v) is 2.71. The van der Waals surface area contributed by atoms with Crippen molar-refractivity contribution in [1.82, 2.24) is 0 Å². The Morgan fingerprint density at radius 3 is 2.71 bits per heavy atom. The fourth-order valence-electron chi connectivity index (χ4n) is 1.61. The summed E-state index contributed by atoms with van der Waals surface area (Å²) in [7, 11) is 0. The number of hydrogen-bond acceptors (Lipinski definition) is 3. The number of anilines is 1. The summed E-state index contributed by atoms with van der Waals surface area (Å²) in [6.07, 6.45) is 2.40. The molecule has 1 aliphatic rings. The maximum absolute atomic E-state index is 8.81. The maximum atomic E-state index is 8.81. The van der Waals surface area contributed by atoms with E-state index in [1.807, 2.05) is 6.07 Å². The van der Waals surface area contributed by atoms with Gasteiger partial charge in [0.05, 0.1) is 5.56 Å². The van der Waals surface area contributed by atoms with E-state index < -0.39 is 0 Å². The van der Waals surface area contributed by atoms with Gasteiger partial charge in [-0.1, -0.05) is 6.07 Å². The second-order valence-corrected chi connectivity index (χ2v) is 3.82. The normalized spacial score (nSPS) is 17.4. The summed E-state index contributed by atoms with van der Waals surface area (Å²) < 4.78 is 0. The largest absolute Gasteiger partial charge is 0.398 e. The number of hydrogen-bond donors (Lipinski definition) is 2. The third kappa shape index (κ3) is 1.57. The van der Waals surface area contributed by atoms with E-state index in [0.29, 0.717) is 17.2 Å². The summed E-state index contributed by atoms with van der Waals surface area (Å²) in [4.78, 5) is 0. The number of nitrogens with zero attached hydrogens (tertiary/aromatic N) is 1. The van der Waals surface area contributed by atoms with Crippen molar-refractivity contribution >= 4 is 5.69 Å². The van der Waals surface area contributed by atoms with Gasteiger partial charge in [0, 0.05) is 11.7 Å². The van der Waals surface area contributed by atoms with Crippen molar-refractivity contribution in [2.45, 2.75) is 18.9 Å². The van der Waals surface area contributed by atoms with Crippen molar-refractivity contribution < 1.29 is 0 Å². The minimum absolute atomic E-state index is 0.0719. The molecule has 2 rings (SSSR count). The average molecular weight is 187 g/mol. The van der Waals surface area contributed by atoms with E-state index in [1.54, 1.807) is 12.1 Å². The highest BCUT2D eigenvalue weighted by molar-refractivity contribution is 5.55. The second kappa shape index (κ2) is 3.32. The number of nitrogen functional groups attached to an aromatic ring is 1. The summed E-state index contributed by atoms with van der Waals surface area (Å²) in [5, 5.41) is 8.81. The fourth-order valence-corrected chi connectivity index (χ4v) is 1.61. The zero-order chi connectivity index (χ0) is 10.1. The molecule has 0 aromatic heterocycles. The van der Waals surface area contributed by atoms with E-state index >= 15 is 0 Å². The topological polar surface area (TPSA) is 75.8 Å². The van der Waals surface area contributed by atoms with Crippen LogP contribution in [0.5, 0.6) is 0 Å². The summed E-state index contributed by atoms with van der Waals surface area (Å²) >= 11 is 0. The Morgan fingerprint density at radius 2 is 2.14 bits per heavy atom. The molecular weight excluding hydrogens is 174 g/mol. The molecule has 1 aromatic carbocycles. The fraction of sp³-hybridized carbons (Fsp3) is 0.364. The lowest BCUT2D eigenvalue weighted by Gasteiger charge is -2.11. The second-order valence-electron chi connectivity index (χ2n) is 3.82. The Morgan fingerprint density at radius 1 is 1.43 bits per heavy atom. The highest BCUT2D eigenvalue weighted by atomic mass is 14.7. The predicted octanol–water partition coefficient (Wildman–Crippen LogP) is 1.55. The highest BCUT2D eigenvalue weighted by Gasteiger charge is 2.29.